The molecule has 1 aliphatic rings. The van der Waals surface area contributed by atoms with E-state index < -0.39 is 0 Å². The van der Waals surface area contributed by atoms with Crippen LogP contribution in [0, 0.1) is 0 Å². The molecule has 5 heteroatoms. The van der Waals surface area contributed by atoms with Crippen molar-refractivity contribution in [3.05, 3.63) is 0 Å². The second kappa shape index (κ2) is 6.15. The van der Waals surface area contributed by atoms with E-state index in [4.69, 9.17) is 18.0 Å². The highest BCUT2D eigenvalue weighted by atomic mass is 32.1. The molecule has 1 amide bonds. The Bertz CT molecular complexity index is 268. The highest BCUT2D eigenvalue weighted by Gasteiger charge is 2.25. The Kier molecular flexibility index (Phi) is 5.15. The summed E-state index contributed by atoms with van der Waals surface area (Å²) >= 11 is 5.04. The van der Waals surface area contributed by atoms with Gasteiger partial charge in [-0.2, -0.15) is 0 Å². The minimum atomic E-state index is 0.186. The number of nitrogens with zero attached hydrogens (tertiary/aromatic N) is 2. The number of hydrogen-bond donors (Lipinski definition) is 1. The SMILES string of the molecule is CN(C)C(=O)CCCN1CCCC1C(N)=S. The van der Waals surface area contributed by atoms with Crippen molar-refractivity contribution in [1.82, 2.24) is 9.80 Å². The van der Waals surface area contributed by atoms with Crippen LogP contribution in [0.15, 0.2) is 0 Å². The lowest BCUT2D eigenvalue weighted by atomic mass is 10.2. The number of carbonyl (C=O) groups excluding carboxylic acids is 1. The van der Waals surface area contributed by atoms with Gasteiger partial charge in [0.2, 0.25) is 5.91 Å². The van der Waals surface area contributed by atoms with Crippen LogP contribution in [0.4, 0.5) is 0 Å². The third kappa shape index (κ3) is 3.72. The van der Waals surface area contributed by atoms with Crippen molar-refractivity contribution < 1.29 is 4.79 Å². The van der Waals surface area contributed by atoms with Gasteiger partial charge in [0.05, 0.1) is 11.0 Å². The first-order chi connectivity index (χ1) is 7.52. The molecule has 1 atom stereocenters. The summed E-state index contributed by atoms with van der Waals surface area (Å²) < 4.78 is 0. The minimum absolute atomic E-state index is 0.186. The molecule has 16 heavy (non-hydrogen) atoms. The molecule has 0 saturated carbocycles. The van der Waals surface area contributed by atoms with Crippen LogP contribution in [0.5, 0.6) is 0 Å². The fourth-order valence-electron chi connectivity index (χ4n) is 2.07. The summed E-state index contributed by atoms with van der Waals surface area (Å²) in [6, 6.07) is 0.254. The zero-order valence-corrected chi connectivity index (χ0v) is 10.9. The van der Waals surface area contributed by atoms with Crippen LogP contribution in [-0.2, 0) is 4.79 Å². The number of nitrogens with two attached hydrogens (primary N) is 1. The molecule has 0 aromatic heterocycles. The number of hydrogen-bond acceptors (Lipinski definition) is 3. The van der Waals surface area contributed by atoms with Gasteiger partial charge in [0.15, 0.2) is 0 Å². The predicted octanol–water partition coefficient (Wildman–Crippen LogP) is 0.605. The zero-order valence-electron chi connectivity index (χ0n) is 10.1. The van der Waals surface area contributed by atoms with E-state index in [1.165, 1.54) is 0 Å². The van der Waals surface area contributed by atoms with E-state index in [0.717, 1.165) is 32.4 Å². The molecule has 0 bridgehead atoms. The fraction of sp³-hybridized carbons (Fsp3) is 0.818. The summed E-state index contributed by atoms with van der Waals surface area (Å²) in [6.45, 7) is 1.97. The first-order valence-electron chi connectivity index (χ1n) is 5.76. The molecule has 92 valence electrons. The van der Waals surface area contributed by atoms with E-state index in [1.807, 2.05) is 0 Å². The number of rotatable bonds is 5. The smallest absolute Gasteiger partial charge is 0.222 e. The zero-order chi connectivity index (χ0) is 12.1. The minimum Gasteiger partial charge on any atom is -0.392 e. The summed E-state index contributed by atoms with van der Waals surface area (Å²) in [7, 11) is 3.58. The Morgan fingerprint density at radius 2 is 2.25 bits per heavy atom. The highest BCUT2D eigenvalue weighted by molar-refractivity contribution is 7.80. The van der Waals surface area contributed by atoms with Gasteiger partial charge in [-0.3, -0.25) is 9.69 Å². The Morgan fingerprint density at radius 3 is 2.81 bits per heavy atom. The van der Waals surface area contributed by atoms with Crippen molar-refractivity contribution in [2.45, 2.75) is 31.7 Å². The average Bonchev–Trinajstić information content (AvgIpc) is 2.65. The van der Waals surface area contributed by atoms with Gasteiger partial charge in [-0.15, -0.1) is 0 Å². The summed E-state index contributed by atoms with van der Waals surface area (Å²) in [5, 5.41) is 0. The molecule has 1 fully saturated rings. The summed E-state index contributed by atoms with van der Waals surface area (Å²) in [6.07, 6.45) is 3.71. The van der Waals surface area contributed by atoms with Gasteiger partial charge in [0.1, 0.15) is 0 Å². The van der Waals surface area contributed by atoms with Gasteiger partial charge in [-0.1, -0.05) is 12.2 Å². The molecule has 2 N–H and O–H groups in total. The molecular weight excluding hydrogens is 222 g/mol. The van der Waals surface area contributed by atoms with Crippen molar-refractivity contribution in [1.29, 1.82) is 0 Å². The van der Waals surface area contributed by atoms with E-state index in [0.29, 0.717) is 11.4 Å². The maximum atomic E-state index is 11.4. The number of likely N-dealkylation sites (tertiary alicyclic amines) is 1. The summed E-state index contributed by atoms with van der Waals surface area (Å²) in [5.41, 5.74) is 5.68. The van der Waals surface area contributed by atoms with Gasteiger partial charge in [-0.25, -0.2) is 0 Å². The predicted molar refractivity (Wildman–Crippen MR) is 69.3 cm³/mol. The van der Waals surface area contributed by atoms with E-state index in [1.54, 1.807) is 19.0 Å². The first kappa shape index (κ1) is 13.4. The second-order valence-electron chi connectivity index (χ2n) is 4.49. The average molecular weight is 243 g/mol. The normalized spacial score (nSPS) is 21.0. The molecule has 0 aromatic carbocycles. The molecule has 1 rings (SSSR count). The number of thiocarbonyl (C=S) groups is 1. The molecule has 0 spiro atoms. The van der Waals surface area contributed by atoms with Crippen molar-refractivity contribution in [3.63, 3.8) is 0 Å². The van der Waals surface area contributed by atoms with Crippen molar-refractivity contribution in [3.8, 4) is 0 Å². The van der Waals surface area contributed by atoms with Gasteiger partial charge in [0, 0.05) is 20.5 Å². The third-order valence-corrected chi connectivity index (χ3v) is 3.30. The lowest BCUT2D eigenvalue weighted by Crippen LogP contribution is -2.39. The highest BCUT2D eigenvalue weighted by Crippen LogP contribution is 2.17. The molecule has 0 aliphatic carbocycles. The van der Waals surface area contributed by atoms with Crippen LogP contribution in [0.2, 0.25) is 0 Å². The molecule has 1 aliphatic heterocycles. The van der Waals surface area contributed by atoms with E-state index in [-0.39, 0.29) is 11.9 Å². The monoisotopic (exact) mass is 243 g/mol. The van der Waals surface area contributed by atoms with Crippen LogP contribution < -0.4 is 5.73 Å². The Labute approximate surface area is 103 Å². The van der Waals surface area contributed by atoms with Crippen molar-refractivity contribution in [2.75, 3.05) is 27.2 Å². The third-order valence-electron chi connectivity index (χ3n) is 3.03. The Balaban J connectivity index is 2.27. The molecule has 0 radical (unpaired) electrons. The topological polar surface area (TPSA) is 49.6 Å². The van der Waals surface area contributed by atoms with Crippen LogP contribution in [0.25, 0.3) is 0 Å². The fourth-order valence-corrected chi connectivity index (χ4v) is 2.34. The molecule has 1 saturated heterocycles. The van der Waals surface area contributed by atoms with Crippen LogP contribution in [-0.4, -0.2) is 53.9 Å². The molecular formula is C11H21N3OS. The number of amides is 1. The molecule has 4 nitrogen and oxygen atoms in total. The number of carbonyl (C=O) groups is 1. The Morgan fingerprint density at radius 1 is 1.56 bits per heavy atom. The molecule has 1 unspecified atom stereocenters. The van der Waals surface area contributed by atoms with Gasteiger partial charge in [0.25, 0.3) is 0 Å². The summed E-state index contributed by atoms with van der Waals surface area (Å²) in [5.74, 6) is 0.186. The van der Waals surface area contributed by atoms with Crippen LogP contribution >= 0.6 is 12.2 Å². The van der Waals surface area contributed by atoms with Crippen LogP contribution in [0.1, 0.15) is 25.7 Å². The van der Waals surface area contributed by atoms with Gasteiger partial charge < -0.3 is 10.6 Å². The molecule has 1 heterocycles. The quantitative estimate of drug-likeness (QED) is 0.719. The first-order valence-corrected chi connectivity index (χ1v) is 6.16. The van der Waals surface area contributed by atoms with Gasteiger partial charge >= 0.3 is 0 Å². The van der Waals surface area contributed by atoms with E-state index in [2.05, 4.69) is 4.90 Å². The van der Waals surface area contributed by atoms with Gasteiger partial charge in [-0.05, 0) is 32.4 Å². The molecule has 0 aromatic rings. The van der Waals surface area contributed by atoms with Crippen molar-refractivity contribution in [2.24, 2.45) is 5.73 Å². The maximum Gasteiger partial charge on any atom is 0.222 e. The van der Waals surface area contributed by atoms with E-state index in [9.17, 15) is 4.79 Å². The summed E-state index contributed by atoms with van der Waals surface area (Å²) in [4.78, 5) is 15.9. The second-order valence-corrected chi connectivity index (χ2v) is 4.96. The largest absolute Gasteiger partial charge is 0.392 e. The lowest BCUT2D eigenvalue weighted by Gasteiger charge is -2.23. The van der Waals surface area contributed by atoms with E-state index >= 15 is 0 Å². The maximum absolute atomic E-state index is 11.4. The Hall–Kier alpha value is -0.680. The van der Waals surface area contributed by atoms with Crippen molar-refractivity contribution >= 4 is 23.1 Å². The standard InChI is InChI=1S/C11H21N3OS/c1-13(2)10(15)6-4-8-14-7-3-5-9(14)11(12)16/h9H,3-8H2,1-2H3,(H2,12,16). The van der Waals surface area contributed by atoms with Crippen LogP contribution in [0.3, 0.4) is 0 Å². The lowest BCUT2D eigenvalue weighted by molar-refractivity contribution is -0.128.